The van der Waals surface area contributed by atoms with Gasteiger partial charge in [-0.2, -0.15) is 4.31 Å². The van der Waals surface area contributed by atoms with E-state index in [4.69, 9.17) is 11.6 Å². The molecule has 2 aliphatic heterocycles. The van der Waals surface area contributed by atoms with Crippen LogP contribution in [0.15, 0.2) is 29.2 Å². The third-order valence-corrected chi connectivity index (χ3v) is 9.77. The van der Waals surface area contributed by atoms with Crippen LogP contribution in [-0.4, -0.2) is 61.7 Å². The number of nitrogens with one attached hydrogen (secondary N) is 1. The van der Waals surface area contributed by atoms with E-state index in [1.807, 2.05) is 33.8 Å². The number of non-ortho nitro benzene ring substituents is 1. The van der Waals surface area contributed by atoms with Crippen LogP contribution in [0.4, 0.5) is 11.4 Å². The number of carbonyl (C=O) groups excluding carboxylic acids is 2. The average molecular weight is 536 g/mol. The van der Waals surface area contributed by atoms with Crippen LogP contribution in [0.25, 0.3) is 0 Å². The van der Waals surface area contributed by atoms with Crippen LogP contribution in [0.1, 0.15) is 28.7 Å². The Morgan fingerprint density at radius 1 is 1.03 bits per heavy atom. The van der Waals surface area contributed by atoms with Crippen molar-refractivity contribution in [2.45, 2.75) is 45.1 Å². The summed E-state index contributed by atoms with van der Waals surface area (Å²) in [4.78, 5) is 38.6. The molecular weight excluding hydrogens is 508 g/mol. The number of amides is 2. The first-order valence-electron chi connectivity index (χ1n) is 11.6. The number of imide groups is 1. The summed E-state index contributed by atoms with van der Waals surface area (Å²) >= 11 is 6.17. The van der Waals surface area contributed by atoms with Crippen molar-refractivity contribution in [2.24, 2.45) is 0 Å². The lowest BCUT2D eigenvalue weighted by molar-refractivity contribution is -0.918. The molecule has 0 radical (unpaired) electrons. The van der Waals surface area contributed by atoms with E-state index in [1.165, 1.54) is 16.4 Å². The second kappa shape index (κ2) is 9.55. The van der Waals surface area contributed by atoms with E-state index < -0.39 is 32.8 Å². The number of carbonyl (C=O) groups is 2. The van der Waals surface area contributed by atoms with Gasteiger partial charge in [-0.25, -0.2) is 13.3 Å². The quantitative estimate of drug-likeness (QED) is 0.353. The van der Waals surface area contributed by atoms with E-state index in [2.05, 4.69) is 0 Å². The highest BCUT2D eigenvalue weighted by Crippen LogP contribution is 2.33. The van der Waals surface area contributed by atoms with E-state index in [0.717, 1.165) is 38.1 Å². The molecule has 2 aromatic rings. The predicted molar refractivity (Wildman–Crippen MR) is 134 cm³/mol. The predicted octanol–water partition coefficient (Wildman–Crippen LogP) is 1.70. The minimum Gasteiger partial charge on any atom is -0.322 e. The summed E-state index contributed by atoms with van der Waals surface area (Å²) < 4.78 is 28.6. The maximum atomic E-state index is 13.6. The third kappa shape index (κ3) is 4.40. The SMILES string of the molecule is Cc1cc(C)c(C)c(S(=O)(=O)N2CC[NH+]([C@@H]3CC(=O)N(c4cc([N+](=O)[O-])ccc4Cl)C3=O)CC2)c1C. The highest BCUT2D eigenvalue weighted by atomic mass is 35.5. The number of nitrogens with zero attached hydrogens (tertiary/aromatic N) is 3. The molecule has 1 N–H and O–H groups in total. The maximum absolute atomic E-state index is 13.6. The lowest BCUT2D eigenvalue weighted by Gasteiger charge is -2.34. The van der Waals surface area contributed by atoms with Gasteiger partial charge in [-0.3, -0.25) is 19.7 Å². The first-order chi connectivity index (χ1) is 16.8. The fourth-order valence-corrected chi connectivity index (χ4v) is 7.27. The Kier molecular flexibility index (Phi) is 6.95. The Morgan fingerprint density at radius 3 is 2.17 bits per heavy atom. The Bertz CT molecular complexity index is 1360. The van der Waals surface area contributed by atoms with Crippen molar-refractivity contribution in [1.82, 2.24) is 4.31 Å². The Balaban J connectivity index is 1.53. The first kappa shape index (κ1) is 26.2. The summed E-state index contributed by atoms with van der Waals surface area (Å²) in [5, 5.41) is 11.2. The van der Waals surface area contributed by atoms with Crippen molar-refractivity contribution in [1.29, 1.82) is 0 Å². The zero-order chi connectivity index (χ0) is 26.5. The summed E-state index contributed by atoms with van der Waals surface area (Å²) in [7, 11) is -3.74. The van der Waals surface area contributed by atoms with Gasteiger partial charge in [0.1, 0.15) is 0 Å². The Labute approximate surface area is 214 Å². The molecule has 2 fully saturated rings. The van der Waals surface area contributed by atoms with Crippen LogP contribution in [0.5, 0.6) is 0 Å². The number of nitro benzene ring substituents is 1. The number of aryl methyl sites for hydroxylation is 2. The van der Waals surface area contributed by atoms with Gasteiger partial charge in [-0.1, -0.05) is 17.7 Å². The summed E-state index contributed by atoms with van der Waals surface area (Å²) in [5.74, 6) is -0.980. The fourth-order valence-electron chi connectivity index (χ4n) is 5.05. The molecule has 2 heterocycles. The van der Waals surface area contributed by atoms with Crippen molar-refractivity contribution in [3.63, 3.8) is 0 Å². The lowest BCUT2D eigenvalue weighted by atomic mass is 10.0. The van der Waals surface area contributed by atoms with Gasteiger partial charge in [-0.05, 0) is 56.0 Å². The number of rotatable bonds is 5. The van der Waals surface area contributed by atoms with E-state index in [1.54, 1.807) is 0 Å². The summed E-state index contributed by atoms with van der Waals surface area (Å²) in [6.07, 6.45) is -0.0742. The molecule has 0 bridgehead atoms. The number of benzene rings is 2. The number of hydrogen-bond acceptors (Lipinski definition) is 6. The minimum absolute atomic E-state index is 0.00949. The molecule has 12 heteroatoms. The molecule has 4 rings (SSSR count). The molecule has 2 amide bonds. The highest BCUT2D eigenvalue weighted by molar-refractivity contribution is 7.89. The van der Waals surface area contributed by atoms with Crippen LogP contribution < -0.4 is 9.80 Å². The monoisotopic (exact) mass is 535 g/mol. The molecule has 0 saturated carbocycles. The molecule has 2 aliphatic rings. The molecule has 0 unspecified atom stereocenters. The standard InChI is InChI=1S/C24H27ClN4O6S/c1-14-11-15(2)17(4)23(16(14)3)36(34,35)27-9-7-26(8-10-27)21-13-22(30)28(24(21)31)20-12-18(29(32)33)5-6-19(20)25/h5-6,11-12,21H,7-10,13H2,1-4H3/p+1/t21-/m1/s1. The van der Waals surface area contributed by atoms with Crippen molar-refractivity contribution in [3.05, 3.63) is 61.7 Å². The van der Waals surface area contributed by atoms with Crippen molar-refractivity contribution in [2.75, 3.05) is 31.1 Å². The molecule has 0 spiro atoms. The molecule has 1 atom stereocenters. The summed E-state index contributed by atoms with van der Waals surface area (Å²) in [6.45, 7) is 8.53. The van der Waals surface area contributed by atoms with Crippen LogP contribution in [0.3, 0.4) is 0 Å². The van der Waals surface area contributed by atoms with Crippen molar-refractivity contribution < 1.29 is 27.8 Å². The van der Waals surface area contributed by atoms with Gasteiger partial charge in [0.2, 0.25) is 15.9 Å². The second-order valence-corrected chi connectivity index (χ2v) is 11.7. The number of anilines is 1. The molecule has 2 aromatic carbocycles. The maximum Gasteiger partial charge on any atom is 0.292 e. The largest absolute Gasteiger partial charge is 0.322 e. The minimum atomic E-state index is -3.74. The molecule has 0 aliphatic carbocycles. The van der Waals surface area contributed by atoms with Crippen molar-refractivity contribution >= 4 is 44.8 Å². The third-order valence-electron chi connectivity index (χ3n) is 7.28. The smallest absolute Gasteiger partial charge is 0.292 e. The van der Waals surface area contributed by atoms with Gasteiger partial charge in [0.25, 0.3) is 11.6 Å². The summed E-state index contributed by atoms with van der Waals surface area (Å²) in [5.41, 5.74) is 3.00. The second-order valence-electron chi connectivity index (χ2n) is 9.37. The average Bonchev–Trinajstić information content (AvgIpc) is 3.11. The molecule has 10 nitrogen and oxygen atoms in total. The highest BCUT2D eigenvalue weighted by Gasteiger charge is 2.48. The number of sulfonamides is 1. The first-order valence-corrected chi connectivity index (χ1v) is 13.4. The van der Waals surface area contributed by atoms with Gasteiger partial charge in [0.05, 0.1) is 53.1 Å². The summed E-state index contributed by atoms with van der Waals surface area (Å²) in [6, 6.07) is 4.89. The van der Waals surface area contributed by atoms with Crippen LogP contribution in [0.2, 0.25) is 5.02 Å². The van der Waals surface area contributed by atoms with E-state index in [0.29, 0.717) is 18.0 Å². The number of piperazine rings is 1. The molecule has 36 heavy (non-hydrogen) atoms. The molecule has 192 valence electrons. The van der Waals surface area contributed by atoms with Gasteiger partial charge >= 0.3 is 0 Å². The number of hydrogen-bond donors (Lipinski definition) is 1. The topological polar surface area (TPSA) is 122 Å². The van der Waals surface area contributed by atoms with Gasteiger partial charge in [0.15, 0.2) is 6.04 Å². The van der Waals surface area contributed by atoms with E-state index >= 15 is 0 Å². The molecule has 2 saturated heterocycles. The number of nitro groups is 1. The Hall–Kier alpha value is -2.86. The molecular formula is C24H28ClN4O6S+. The number of quaternary nitrogens is 1. The van der Waals surface area contributed by atoms with Gasteiger partial charge in [0, 0.05) is 12.1 Å². The number of halogens is 1. The van der Waals surface area contributed by atoms with Gasteiger partial charge in [-0.15, -0.1) is 0 Å². The fraction of sp³-hybridized carbons (Fsp3) is 0.417. The van der Waals surface area contributed by atoms with Crippen molar-refractivity contribution in [3.8, 4) is 0 Å². The van der Waals surface area contributed by atoms with E-state index in [9.17, 15) is 28.1 Å². The van der Waals surface area contributed by atoms with Gasteiger partial charge < -0.3 is 4.90 Å². The van der Waals surface area contributed by atoms with Crippen LogP contribution >= 0.6 is 11.6 Å². The van der Waals surface area contributed by atoms with Crippen LogP contribution in [0, 0.1) is 37.8 Å². The van der Waals surface area contributed by atoms with E-state index in [-0.39, 0.29) is 35.9 Å². The Morgan fingerprint density at radius 2 is 1.61 bits per heavy atom. The zero-order valence-electron chi connectivity index (χ0n) is 20.5. The normalized spacial score (nSPS) is 19.8. The zero-order valence-corrected chi connectivity index (χ0v) is 22.1. The molecule has 0 aromatic heterocycles. The lowest BCUT2D eigenvalue weighted by Crippen LogP contribution is -3.19. The van der Waals surface area contributed by atoms with Crippen LogP contribution in [-0.2, 0) is 19.6 Å².